The maximum atomic E-state index is 4.66. The highest BCUT2D eigenvalue weighted by molar-refractivity contribution is 7.09. The molecule has 1 unspecified atom stereocenters. The van der Waals surface area contributed by atoms with Gasteiger partial charge in [-0.15, -0.1) is 11.3 Å². The van der Waals surface area contributed by atoms with E-state index in [9.17, 15) is 0 Å². The summed E-state index contributed by atoms with van der Waals surface area (Å²) in [5.41, 5.74) is 5.22. The zero-order valence-corrected chi connectivity index (χ0v) is 14.4. The number of aryl methyl sites for hydroxylation is 1. The maximum absolute atomic E-state index is 4.66. The van der Waals surface area contributed by atoms with Crippen LogP contribution in [0.3, 0.4) is 0 Å². The van der Waals surface area contributed by atoms with Gasteiger partial charge in [-0.25, -0.2) is 9.97 Å². The summed E-state index contributed by atoms with van der Waals surface area (Å²) in [4.78, 5) is 9.20. The Morgan fingerprint density at radius 3 is 2.62 bits per heavy atom. The van der Waals surface area contributed by atoms with Gasteiger partial charge in [0.25, 0.3) is 0 Å². The number of thiazole rings is 1. The van der Waals surface area contributed by atoms with E-state index in [-0.39, 0.29) is 6.04 Å². The van der Waals surface area contributed by atoms with E-state index in [1.807, 2.05) is 35.7 Å². The number of aromatic nitrogens is 3. The molecule has 3 heterocycles. The van der Waals surface area contributed by atoms with Crippen molar-refractivity contribution in [3.63, 3.8) is 0 Å². The van der Waals surface area contributed by atoms with E-state index in [0.29, 0.717) is 0 Å². The Morgan fingerprint density at radius 2 is 1.92 bits per heavy atom. The van der Waals surface area contributed by atoms with Gasteiger partial charge in [0.15, 0.2) is 0 Å². The molecule has 0 saturated heterocycles. The Morgan fingerprint density at radius 1 is 1.08 bits per heavy atom. The lowest BCUT2D eigenvalue weighted by Gasteiger charge is -2.13. The molecule has 4 rings (SSSR count). The van der Waals surface area contributed by atoms with Crippen molar-refractivity contribution in [2.45, 2.75) is 19.9 Å². The van der Waals surface area contributed by atoms with Crippen molar-refractivity contribution in [3.05, 3.63) is 70.9 Å². The molecule has 24 heavy (non-hydrogen) atoms. The van der Waals surface area contributed by atoms with E-state index in [1.165, 1.54) is 0 Å². The van der Waals surface area contributed by atoms with Crippen LogP contribution in [0.5, 0.6) is 0 Å². The van der Waals surface area contributed by atoms with Gasteiger partial charge in [-0.3, -0.25) is 0 Å². The summed E-state index contributed by atoms with van der Waals surface area (Å²) in [5, 5.41) is 6.70. The highest BCUT2D eigenvalue weighted by Gasteiger charge is 2.09. The molecule has 0 aliphatic rings. The van der Waals surface area contributed by atoms with Gasteiger partial charge >= 0.3 is 0 Å². The second-order valence-corrected chi connectivity index (χ2v) is 6.89. The molecule has 1 N–H and O–H groups in total. The van der Waals surface area contributed by atoms with E-state index >= 15 is 0 Å². The van der Waals surface area contributed by atoms with Crippen LogP contribution >= 0.6 is 11.3 Å². The lowest BCUT2D eigenvalue weighted by atomic mass is 10.1. The van der Waals surface area contributed by atoms with Crippen molar-refractivity contribution in [3.8, 4) is 11.3 Å². The Kier molecular flexibility index (Phi) is 3.78. The molecule has 0 radical (unpaired) electrons. The number of rotatable bonds is 4. The van der Waals surface area contributed by atoms with Crippen LogP contribution in [0.15, 0.2) is 60.2 Å². The molecule has 3 aromatic heterocycles. The van der Waals surface area contributed by atoms with Gasteiger partial charge < -0.3 is 9.72 Å². The maximum Gasteiger partial charge on any atom is 0.137 e. The lowest BCUT2D eigenvalue weighted by Crippen LogP contribution is -2.06. The van der Waals surface area contributed by atoms with Crippen LogP contribution < -0.4 is 5.32 Å². The normalized spacial score (nSPS) is 12.4. The molecule has 0 aliphatic carbocycles. The van der Waals surface area contributed by atoms with E-state index in [2.05, 4.69) is 58.1 Å². The first kappa shape index (κ1) is 14.9. The number of benzene rings is 1. The second kappa shape index (κ2) is 6.09. The third-order valence-corrected chi connectivity index (χ3v) is 4.80. The van der Waals surface area contributed by atoms with Gasteiger partial charge in [-0.2, -0.15) is 0 Å². The quantitative estimate of drug-likeness (QED) is 0.575. The minimum atomic E-state index is 0.191. The van der Waals surface area contributed by atoms with E-state index in [1.54, 1.807) is 11.3 Å². The third kappa shape index (κ3) is 2.90. The summed E-state index contributed by atoms with van der Waals surface area (Å²) in [6.07, 6.45) is 4.07. The number of imidazole rings is 1. The van der Waals surface area contributed by atoms with Crippen LogP contribution in [0.2, 0.25) is 0 Å². The van der Waals surface area contributed by atoms with Crippen molar-refractivity contribution < 1.29 is 0 Å². The summed E-state index contributed by atoms with van der Waals surface area (Å²) in [7, 11) is 0. The summed E-state index contributed by atoms with van der Waals surface area (Å²) < 4.78 is 2.04. The van der Waals surface area contributed by atoms with Crippen LogP contribution in [0, 0.1) is 6.92 Å². The Bertz CT molecular complexity index is 935. The molecular weight excluding hydrogens is 316 g/mol. The van der Waals surface area contributed by atoms with Crippen LogP contribution in [-0.4, -0.2) is 14.4 Å². The molecule has 0 fully saturated rings. The zero-order valence-electron chi connectivity index (χ0n) is 13.6. The molecule has 1 atom stereocenters. The Balaban J connectivity index is 1.54. The lowest BCUT2D eigenvalue weighted by molar-refractivity contribution is 0.845. The molecule has 4 aromatic rings. The SMILES string of the molecule is Cc1nc(C(C)Nc2ccc(-c3cn4ccccc4n3)cc2)cs1. The monoisotopic (exact) mass is 334 g/mol. The number of nitrogens with zero attached hydrogens (tertiary/aromatic N) is 3. The van der Waals surface area contributed by atoms with Gasteiger partial charge in [-0.1, -0.05) is 18.2 Å². The molecule has 120 valence electrons. The van der Waals surface area contributed by atoms with Gasteiger partial charge in [-0.05, 0) is 38.1 Å². The summed E-state index contributed by atoms with van der Waals surface area (Å²) in [6.45, 7) is 4.16. The summed E-state index contributed by atoms with van der Waals surface area (Å²) >= 11 is 1.68. The Hall–Kier alpha value is -2.66. The predicted molar refractivity (Wildman–Crippen MR) is 99.5 cm³/mol. The third-order valence-electron chi connectivity index (χ3n) is 4.01. The smallest absolute Gasteiger partial charge is 0.137 e. The summed E-state index contributed by atoms with van der Waals surface area (Å²) in [6, 6.07) is 14.6. The number of fused-ring (bicyclic) bond motifs is 1. The number of pyridine rings is 1. The number of hydrogen-bond donors (Lipinski definition) is 1. The van der Waals surface area contributed by atoms with Crippen molar-refractivity contribution >= 4 is 22.7 Å². The van der Waals surface area contributed by atoms with Crippen LogP contribution in [-0.2, 0) is 0 Å². The summed E-state index contributed by atoms with van der Waals surface area (Å²) in [5.74, 6) is 0. The highest BCUT2D eigenvalue weighted by atomic mass is 32.1. The topological polar surface area (TPSA) is 42.2 Å². The van der Waals surface area contributed by atoms with Crippen LogP contribution in [0.4, 0.5) is 5.69 Å². The van der Waals surface area contributed by atoms with Gasteiger partial charge in [0.05, 0.1) is 22.4 Å². The van der Waals surface area contributed by atoms with Crippen molar-refractivity contribution in [2.75, 3.05) is 5.32 Å². The standard InChI is InChI=1S/C19H18N4S/c1-13(18-12-24-14(2)21-18)20-16-8-6-15(7-9-16)17-11-23-10-4-3-5-19(23)22-17/h3-13,20H,1-2H3. The van der Waals surface area contributed by atoms with Crippen LogP contribution in [0.25, 0.3) is 16.9 Å². The average molecular weight is 334 g/mol. The number of nitrogens with one attached hydrogen (secondary N) is 1. The van der Waals surface area contributed by atoms with Crippen LogP contribution in [0.1, 0.15) is 23.7 Å². The molecule has 0 bridgehead atoms. The fourth-order valence-electron chi connectivity index (χ4n) is 2.71. The zero-order chi connectivity index (χ0) is 16.5. The predicted octanol–water partition coefficient (Wildman–Crippen LogP) is 4.94. The molecule has 5 heteroatoms. The minimum absolute atomic E-state index is 0.191. The van der Waals surface area contributed by atoms with Crippen molar-refractivity contribution in [2.24, 2.45) is 0 Å². The van der Waals surface area contributed by atoms with Gasteiger partial charge in [0, 0.05) is 29.0 Å². The largest absolute Gasteiger partial charge is 0.377 e. The first-order valence-electron chi connectivity index (χ1n) is 7.92. The number of anilines is 1. The van der Waals surface area contributed by atoms with Gasteiger partial charge in [0.1, 0.15) is 5.65 Å². The molecule has 1 aromatic carbocycles. The minimum Gasteiger partial charge on any atom is -0.377 e. The van der Waals surface area contributed by atoms with Crippen molar-refractivity contribution in [1.82, 2.24) is 14.4 Å². The first-order chi connectivity index (χ1) is 11.7. The van der Waals surface area contributed by atoms with E-state index < -0.39 is 0 Å². The number of hydrogen-bond acceptors (Lipinski definition) is 4. The molecule has 0 amide bonds. The molecule has 0 saturated carbocycles. The van der Waals surface area contributed by atoms with E-state index in [0.717, 1.165) is 33.3 Å². The van der Waals surface area contributed by atoms with Crippen molar-refractivity contribution in [1.29, 1.82) is 0 Å². The molecule has 0 aliphatic heterocycles. The fraction of sp³-hybridized carbons (Fsp3) is 0.158. The van der Waals surface area contributed by atoms with Gasteiger partial charge in [0.2, 0.25) is 0 Å². The molecular formula is C19H18N4S. The molecule has 0 spiro atoms. The fourth-order valence-corrected chi connectivity index (χ4v) is 3.42. The molecule has 4 nitrogen and oxygen atoms in total. The Labute approximate surface area is 144 Å². The second-order valence-electron chi connectivity index (χ2n) is 5.83. The average Bonchev–Trinajstić information content (AvgIpc) is 3.21. The highest BCUT2D eigenvalue weighted by Crippen LogP contribution is 2.24. The first-order valence-corrected chi connectivity index (χ1v) is 8.80. The van der Waals surface area contributed by atoms with E-state index in [4.69, 9.17) is 0 Å².